The summed E-state index contributed by atoms with van der Waals surface area (Å²) in [4.78, 5) is 0. The summed E-state index contributed by atoms with van der Waals surface area (Å²) in [6.45, 7) is 0.647. The molecular weight excluding hydrogens is 176 g/mol. The van der Waals surface area contributed by atoms with E-state index in [1.165, 1.54) is 12.8 Å². The summed E-state index contributed by atoms with van der Waals surface area (Å²) in [5.41, 5.74) is 1.00. The van der Waals surface area contributed by atoms with Crippen LogP contribution >= 0.6 is 11.6 Å². The third-order valence-electron chi connectivity index (χ3n) is 2.04. The van der Waals surface area contributed by atoms with E-state index in [1.54, 1.807) is 10.9 Å². The van der Waals surface area contributed by atoms with Crippen LogP contribution in [0.15, 0.2) is 6.20 Å². The first kappa shape index (κ1) is 8.08. The maximum atomic E-state index is 8.67. The van der Waals surface area contributed by atoms with Crippen molar-refractivity contribution in [1.82, 2.24) is 9.78 Å². The lowest BCUT2D eigenvalue weighted by atomic mass is 10.3. The lowest BCUT2D eigenvalue weighted by Crippen LogP contribution is -2.02. The van der Waals surface area contributed by atoms with Crippen LogP contribution in [-0.2, 0) is 6.54 Å². The van der Waals surface area contributed by atoms with Crippen LogP contribution in [0, 0.1) is 0 Å². The van der Waals surface area contributed by atoms with Gasteiger partial charge in [-0.3, -0.25) is 4.68 Å². The number of nitrogens with zero attached hydrogens (tertiary/aromatic N) is 2. The number of aliphatic hydroxyl groups is 1. The molecule has 1 heterocycles. The highest BCUT2D eigenvalue weighted by Gasteiger charge is 2.28. The Kier molecular flexibility index (Phi) is 2.07. The van der Waals surface area contributed by atoms with Crippen LogP contribution in [0.5, 0.6) is 0 Å². The molecule has 1 aliphatic rings. The Bertz CT molecular complexity index is 281. The first-order chi connectivity index (χ1) is 5.81. The monoisotopic (exact) mass is 186 g/mol. The van der Waals surface area contributed by atoms with Gasteiger partial charge in [-0.1, -0.05) is 11.6 Å². The van der Waals surface area contributed by atoms with E-state index in [9.17, 15) is 0 Å². The van der Waals surface area contributed by atoms with Gasteiger partial charge in [0, 0.05) is 12.1 Å². The molecule has 0 bridgehead atoms. The second-order valence-corrected chi connectivity index (χ2v) is 3.53. The first-order valence-electron chi connectivity index (χ1n) is 4.15. The van der Waals surface area contributed by atoms with Gasteiger partial charge in [-0.05, 0) is 12.8 Å². The van der Waals surface area contributed by atoms with Crippen molar-refractivity contribution in [3.63, 3.8) is 0 Å². The summed E-state index contributed by atoms with van der Waals surface area (Å²) in [5, 5.41) is 13.7. The van der Waals surface area contributed by atoms with E-state index in [2.05, 4.69) is 5.10 Å². The molecule has 1 aromatic heterocycles. The Morgan fingerprint density at radius 3 is 3.00 bits per heavy atom. The van der Waals surface area contributed by atoms with Crippen LogP contribution in [0.3, 0.4) is 0 Å². The van der Waals surface area contributed by atoms with Crippen molar-refractivity contribution in [2.75, 3.05) is 6.61 Å². The zero-order valence-corrected chi connectivity index (χ0v) is 7.46. The van der Waals surface area contributed by atoms with Crippen molar-refractivity contribution < 1.29 is 5.11 Å². The molecule has 66 valence electrons. The van der Waals surface area contributed by atoms with Gasteiger partial charge in [-0.2, -0.15) is 5.10 Å². The molecule has 4 heteroatoms. The largest absolute Gasteiger partial charge is 0.394 e. The molecule has 0 spiro atoms. The third kappa shape index (κ3) is 1.47. The molecule has 0 atom stereocenters. The van der Waals surface area contributed by atoms with Crippen molar-refractivity contribution in [2.24, 2.45) is 0 Å². The molecule has 12 heavy (non-hydrogen) atoms. The van der Waals surface area contributed by atoms with Gasteiger partial charge in [-0.25, -0.2) is 0 Å². The Morgan fingerprint density at radius 1 is 1.67 bits per heavy atom. The van der Waals surface area contributed by atoms with Crippen LogP contribution in [0.4, 0.5) is 0 Å². The molecule has 1 saturated carbocycles. The van der Waals surface area contributed by atoms with Crippen molar-refractivity contribution in [3.05, 3.63) is 16.9 Å². The van der Waals surface area contributed by atoms with E-state index in [1.807, 2.05) is 0 Å². The van der Waals surface area contributed by atoms with Gasteiger partial charge in [0.15, 0.2) is 0 Å². The molecule has 1 N–H and O–H groups in total. The van der Waals surface area contributed by atoms with Crippen LogP contribution in [0.25, 0.3) is 0 Å². The third-order valence-corrected chi connectivity index (χ3v) is 2.33. The fourth-order valence-electron chi connectivity index (χ4n) is 1.26. The molecule has 1 aromatic rings. The van der Waals surface area contributed by atoms with E-state index in [4.69, 9.17) is 16.7 Å². The molecule has 0 radical (unpaired) electrons. The van der Waals surface area contributed by atoms with E-state index in [0.717, 1.165) is 10.7 Å². The quantitative estimate of drug-likeness (QED) is 0.775. The maximum absolute atomic E-state index is 8.67. The second-order valence-electron chi connectivity index (χ2n) is 3.12. The predicted octanol–water partition coefficient (Wildman–Crippen LogP) is 1.41. The normalized spacial score (nSPS) is 16.8. The zero-order valence-electron chi connectivity index (χ0n) is 6.70. The van der Waals surface area contributed by atoms with Gasteiger partial charge in [0.1, 0.15) is 0 Å². The minimum absolute atomic E-state index is 0.113. The number of rotatable bonds is 3. The summed E-state index contributed by atoms with van der Waals surface area (Å²) in [6.07, 6.45) is 4.19. The summed E-state index contributed by atoms with van der Waals surface area (Å²) in [5.74, 6) is 0.581. The van der Waals surface area contributed by atoms with Crippen LogP contribution in [0.1, 0.15) is 24.5 Å². The minimum atomic E-state index is 0.113. The highest BCUT2D eigenvalue weighted by atomic mass is 35.5. The fourth-order valence-corrected chi connectivity index (χ4v) is 1.57. The van der Waals surface area contributed by atoms with Crippen LogP contribution in [0.2, 0.25) is 5.02 Å². The first-order valence-corrected chi connectivity index (χ1v) is 4.53. The smallest absolute Gasteiger partial charge is 0.0841 e. The highest BCUT2D eigenvalue weighted by molar-refractivity contribution is 6.31. The Labute approximate surface area is 76.0 Å². The van der Waals surface area contributed by atoms with Crippen molar-refractivity contribution in [3.8, 4) is 0 Å². The number of aromatic nitrogens is 2. The zero-order chi connectivity index (χ0) is 8.55. The van der Waals surface area contributed by atoms with E-state index in [0.29, 0.717) is 12.5 Å². The van der Waals surface area contributed by atoms with Crippen molar-refractivity contribution in [1.29, 1.82) is 0 Å². The van der Waals surface area contributed by atoms with Gasteiger partial charge in [0.05, 0.1) is 23.9 Å². The Morgan fingerprint density at radius 2 is 2.42 bits per heavy atom. The Balaban J connectivity index is 2.18. The van der Waals surface area contributed by atoms with Gasteiger partial charge in [0.25, 0.3) is 0 Å². The van der Waals surface area contributed by atoms with Gasteiger partial charge >= 0.3 is 0 Å². The van der Waals surface area contributed by atoms with Crippen molar-refractivity contribution in [2.45, 2.75) is 25.3 Å². The molecular formula is C8H11ClN2O. The SMILES string of the molecule is OCCn1cc(Cl)c(C2CC2)n1. The number of hydrogen-bond acceptors (Lipinski definition) is 2. The minimum Gasteiger partial charge on any atom is -0.394 e. The molecule has 0 amide bonds. The molecule has 1 fully saturated rings. The average Bonchev–Trinajstić information content (AvgIpc) is 2.79. The van der Waals surface area contributed by atoms with Gasteiger partial charge in [-0.15, -0.1) is 0 Å². The van der Waals surface area contributed by atoms with Gasteiger partial charge < -0.3 is 5.11 Å². The highest BCUT2D eigenvalue weighted by Crippen LogP contribution is 2.42. The molecule has 1 aliphatic carbocycles. The number of aliphatic hydroxyl groups excluding tert-OH is 1. The summed E-state index contributed by atoms with van der Waals surface area (Å²) in [6, 6.07) is 0. The van der Waals surface area contributed by atoms with Crippen LogP contribution in [-0.4, -0.2) is 21.5 Å². The van der Waals surface area contributed by atoms with Crippen molar-refractivity contribution >= 4 is 11.6 Å². The summed E-state index contributed by atoms with van der Waals surface area (Å²) < 4.78 is 1.70. The maximum Gasteiger partial charge on any atom is 0.0841 e. The summed E-state index contributed by atoms with van der Waals surface area (Å²) in [7, 11) is 0. The number of hydrogen-bond donors (Lipinski definition) is 1. The molecule has 3 nitrogen and oxygen atoms in total. The fraction of sp³-hybridized carbons (Fsp3) is 0.625. The molecule has 0 unspecified atom stereocenters. The molecule has 2 rings (SSSR count). The van der Waals surface area contributed by atoms with E-state index < -0.39 is 0 Å². The predicted molar refractivity (Wildman–Crippen MR) is 46.3 cm³/mol. The number of halogens is 1. The lowest BCUT2D eigenvalue weighted by Gasteiger charge is -1.94. The van der Waals surface area contributed by atoms with E-state index >= 15 is 0 Å². The van der Waals surface area contributed by atoms with Crippen LogP contribution < -0.4 is 0 Å². The molecule has 0 aliphatic heterocycles. The molecule has 0 aromatic carbocycles. The lowest BCUT2D eigenvalue weighted by molar-refractivity contribution is 0.269. The molecule has 0 saturated heterocycles. The van der Waals surface area contributed by atoms with E-state index in [-0.39, 0.29) is 6.61 Å². The standard InChI is InChI=1S/C8H11ClN2O/c9-7-5-11(3-4-12)10-8(7)6-1-2-6/h5-6,12H,1-4H2. The summed E-state index contributed by atoms with van der Waals surface area (Å²) >= 11 is 5.95. The topological polar surface area (TPSA) is 38.0 Å². The Hall–Kier alpha value is -0.540. The second kappa shape index (κ2) is 3.07. The average molecular weight is 187 g/mol. The van der Waals surface area contributed by atoms with Gasteiger partial charge in [0.2, 0.25) is 0 Å².